The zero-order valence-electron chi connectivity index (χ0n) is 16.4. The lowest BCUT2D eigenvalue weighted by molar-refractivity contribution is -0.892. The Morgan fingerprint density at radius 1 is 1.15 bits per heavy atom. The van der Waals surface area contributed by atoms with E-state index in [1.165, 1.54) is 16.0 Å². The highest BCUT2D eigenvalue weighted by molar-refractivity contribution is 6.33. The summed E-state index contributed by atoms with van der Waals surface area (Å²) in [5, 5.41) is 3.94. The fraction of sp³-hybridized carbons (Fsp3) is 0.409. The maximum absolute atomic E-state index is 12.5. The maximum atomic E-state index is 12.5. The van der Waals surface area contributed by atoms with Gasteiger partial charge in [-0.2, -0.15) is 0 Å². The highest BCUT2D eigenvalue weighted by atomic mass is 35.5. The first-order valence-corrected chi connectivity index (χ1v) is 10.0. The third kappa shape index (κ3) is 5.02. The molecule has 1 amide bonds. The number of carbonyl (C=O) groups is 1. The van der Waals surface area contributed by atoms with Gasteiger partial charge in [0, 0.05) is 0 Å². The van der Waals surface area contributed by atoms with Crippen molar-refractivity contribution in [3.05, 3.63) is 64.2 Å². The number of anilines is 1. The van der Waals surface area contributed by atoms with Gasteiger partial charge in [0.05, 0.1) is 42.9 Å². The number of carbonyl (C=O) groups excluding carboxylic acids is 1. The molecule has 2 aromatic rings. The van der Waals surface area contributed by atoms with E-state index in [0.29, 0.717) is 6.54 Å². The summed E-state index contributed by atoms with van der Waals surface area (Å²) < 4.78 is 0. The Balaban J connectivity index is 1.49. The Morgan fingerprint density at radius 2 is 1.85 bits per heavy atom. The molecule has 3 rings (SSSR count). The molecule has 1 atom stereocenters. The van der Waals surface area contributed by atoms with E-state index in [4.69, 9.17) is 11.6 Å². The summed E-state index contributed by atoms with van der Waals surface area (Å²) in [6.45, 7) is 10.5. The topological polar surface area (TPSA) is 36.8 Å². The second-order valence-electron chi connectivity index (χ2n) is 7.50. The Hall–Kier alpha value is -2.04. The number of piperazine rings is 1. The van der Waals surface area contributed by atoms with Crippen LogP contribution in [-0.4, -0.2) is 38.6 Å². The molecule has 5 heteroatoms. The van der Waals surface area contributed by atoms with Crippen molar-refractivity contribution in [2.45, 2.75) is 26.8 Å². The summed E-state index contributed by atoms with van der Waals surface area (Å²) in [7, 11) is 0. The maximum Gasteiger partial charge on any atom is 0.275 e. The third-order valence-electron chi connectivity index (χ3n) is 5.48. The predicted molar refractivity (Wildman–Crippen MR) is 112 cm³/mol. The van der Waals surface area contributed by atoms with Gasteiger partial charge in [0.1, 0.15) is 0 Å². The van der Waals surface area contributed by atoms with E-state index < -0.39 is 0 Å². The molecule has 0 spiro atoms. The number of para-hydroxylation sites is 1. The lowest BCUT2D eigenvalue weighted by Crippen LogP contribution is -3.16. The number of hydrogen-bond acceptors (Lipinski definition) is 2. The first-order valence-electron chi connectivity index (χ1n) is 9.63. The molecule has 2 N–H and O–H groups in total. The second-order valence-corrected chi connectivity index (χ2v) is 7.91. The molecule has 0 radical (unpaired) electrons. The van der Waals surface area contributed by atoms with Crippen LogP contribution in [0.25, 0.3) is 0 Å². The number of aryl methyl sites for hydroxylation is 2. The molecule has 1 aliphatic rings. The minimum atomic E-state index is 0.0283. The molecule has 144 valence electrons. The standard InChI is InChI=1S/C22H28ClN3O/c1-16-8-9-19(14-17(16)2)18(3)24-22(27)15-25-10-12-26(13-11-25)21-7-5-4-6-20(21)23/h4-9,14,18H,10-13,15H2,1-3H3,(H,24,27)/p+1/t18-/m1/s1. The summed E-state index contributed by atoms with van der Waals surface area (Å²) in [4.78, 5) is 16.1. The molecule has 1 saturated heterocycles. The molecule has 1 heterocycles. The normalized spacial score (nSPS) is 16.2. The molecule has 1 fully saturated rings. The van der Waals surface area contributed by atoms with Crippen LogP contribution in [0.4, 0.5) is 5.69 Å². The molecule has 0 aromatic heterocycles. The van der Waals surface area contributed by atoms with E-state index in [-0.39, 0.29) is 11.9 Å². The van der Waals surface area contributed by atoms with Crippen molar-refractivity contribution in [3.8, 4) is 0 Å². The van der Waals surface area contributed by atoms with Gasteiger partial charge in [-0.3, -0.25) is 4.79 Å². The average molecular weight is 387 g/mol. The minimum Gasteiger partial charge on any atom is -0.359 e. The number of halogens is 1. The van der Waals surface area contributed by atoms with Crippen LogP contribution >= 0.6 is 11.6 Å². The fourth-order valence-electron chi connectivity index (χ4n) is 3.59. The summed E-state index contributed by atoms with van der Waals surface area (Å²) in [5.74, 6) is 0.113. The van der Waals surface area contributed by atoms with E-state index in [1.54, 1.807) is 0 Å². The van der Waals surface area contributed by atoms with Crippen LogP contribution in [0.15, 0.2) is 42.5 Å². The number of nitrogens with zero attached hydrogens (tertiary/aromatic N) is 1. The van der Waals surface area contributed by atoms with Crippen molar-refractivity contribution in [1.29, 1.82) is 0 Å². The quantitative estimate of drug-likeness (QED) is 0.828. The minimum absolute atomic E-state index is 0.0283. The first kappa shape index (κ1) is 19.7. The molecule has 0 unspecified atom stereocenters. The van der Waals surface area contributed by atoms with Gasteiger partial charge in [0.15, 0.2) is 6.54 Å². The van der Waals surface area contributed by atoms with Crippen LogP contribution in [0.1, 0.15) is 29.7 Å². The first-order chi connectivity index (χ1) is 12.9. The molecule has 0 aliphatic carbocycles. The van der Waals surface area contributed by atoms with E-state index in [9.17, 15) is 4.79 Å². The summed E-state index contributed by atoms with van der Waals surface area (Å²) in [6, 6.07) is 14.4. The predicted octanol–water partition coefficient (Wildman–Crippen LogP) is 2.54. The van der Waals surface area contributed by atoms with Crippen molar-refractivity contribution >= 4 is 23.2 Å². The largest absolute Gasteiger partial charge is 0.359 e. The Kier molecular flexibility index (Phi) is 6.40. The number of nitrogens with one attached hydrogen (secondary N) is 2. The molecule has 4 nitrogen and oxygen atoms in total. The van der Waals surface area contributed by atoms with Crippen molar-refractivity contribution in [2.24, 2.45) is 0 Å². The SMILES string of the molecule is Cc1ccc([C@@H](C)NC(=O)C[NH+]2CCN(c3ccccc3Cl)CC2)cc1C. The lowest BCUT2D eigenvalue weighted by atomic mass is 10.0. The molecule has 0 bridgehead atoms. The second kappa shape index (κ2) is 8.77. The van der Waals surface area contributed by atoms with Gasteiger partial charge in [0.2, 0.25) is 0 Å². The van der Waals surface area contributed by atoms with Gasteiger partial charge >= 0.3 is 0 Å². The van der Waals surface area contributed by atoms with E-state index in [1.807, 2.05) is 25.1 Å². The zero-order chi connectivity index (χ0) is 19.4. The lowest BCUT2D eigenvalue weighted by Gasteiger charge is -2.34. The van der Waals surface area contributed by atoms with Gasteiger partial charge in [-0.05, 0) is 49.6 Å². The van der Waals surface area contributed by atoms with E-state index in [2.05, 4.69) is 48.3 Å². The fourth-order valence-corrected chi connectivity index (χ4v) is 3.84. The highest BCUT2D eigenvalue weighted by Gasteiger charge is 2.24. The molecular formula is C22H29ClN3O+. The van der Waals surface area contributed by atoms with Crippen molar-refractivity contribution < 1.29 is 9.69 Å². The van der Waals surface area contributed by atoms with Gasteiger partial charge in [-0.15, -0.1) is 0 Å². The van der Waals surface area contributed by atoms with Gasteiger partial charge in [-0.1, -0.05) is 41.9 Å². The van der Waals surface area contributed by atoms with Crippen LogP contribution in [0.5, 0.6) is 0 Å². The van der Waals surface area contributed by atoms with Gasteiger partial charge in [-0.25, -0.2) is 0 Å². The number of benzene rings is 2. The van der Waals surface area contributed by atoms with Crippen LogP contribution in [0.3, 0.4) is 0 Å². The summed E-state index contributed by atoms with van der Waals surface area (Å²) in [6.07, 6.45) is 0. The highest BCUT2D eigenvalue weighted by Crippen LogP contribution is 2.24. The van der Waals surface area contributed by atoms with Crippen LogP contribution in [-0.2, 0) is 4.79 Å². The Labute approximate surface area is 167 Å². The van der Waals surface area contributed by atoms with Crippen LogP contribution in [0, 0.1) is 13.8 Å². The van der Waals surface area contributed by atoms with E-state index >= 15 is 0 Å². The molecule has 27 heavy (non-hydrogen) atoms. The average Bonchev–Trinajstić information content (AvgIpc) is 2.65. The van der Waals surface area contributed by atoms with Crippen molar-refractivity contribution in [3.63, 3.8) is 0 Å². The molecule has 1 aliphatic heterocycles. The number of rotatable bonds is 5. The van der Waals surface area contributed by atoms with Crippen molar-refractivity contribution in [2.75, 3.05) is 37.6 Å². The van der Waals surface area contributed by atoms with Gasteiger partial charge in [0.25, 0.3) is 5.91 Å². The Bertz CT molecular complexity index is 800. The van der Waals surface area contributed by atoms with Crippen LogP contribution < -0.4 is 15.1 Å². The zero-order valence-corrected chi connectivity index (χ0v) is 17.1. The molecular weight excluding hydrogens is 358 g/mol. The Morgan fingerprint density at radius 3 is 2.52 bits per heavy atom. The summed E-state index contributed by atoms with van der Waals surface area (Å²) >= 11 is 6.30. The van der Waals surface area contributed by atoms with E-state index in [0.717, 1.165) is 42.5 Å². The molecule has 2 aromatic carbocycles. The summed E-state index contributed by atoms with van der Waals surface area (Å²) in [5.41, 5.74) is 4.78. The monoisotopic (exact) mass is 386 g/mol. The van der Waals surface area contributed by atoms with Crippen LogP contribution in [0.2, 0.25) is 5.02 Å². The number of amides is 1. The third-order valence-corrected chi connectivity index (χ3v) is 5.80. The smallest absolute Gasteiger partial charge is 0.275 e. The van der Waals surface area contributed by atoms with Crippen molar-refractivity contribution in [1.82, 2.24) is 5.32 Å². The van der Waals surface area contributed by atoms with Gasteiger partial charge < -0.3 is 15.1 Å². The number of quaternary nitrogens is 1. The number of hydrogen-bond donors (Lipinski definition) is 2. The molecule has 0 saturated carbocycles.